The highest BCUT2D eigenvalue weighted by Crippen LogP contribution is 2.05. The quantitative estimate of drug-likeness (QED) is 0.714. The topological polar surface area (TPSA) is 38.1 Å². The lowest BCUT2D eigenvalue weighted by molar-refractivity contribution is -0.130. The molecule has 4 nitrogen and oxygen atoms in total. The van der Waals surface area contributed by atoms with Crippen LogP contribution in [0.5, 0.6) is 0 Å². The smallest absolute Gasteiger partial charge is 0.224 e. The van der Waals surface area contributed by atoms with Crippen molar-refractivity contribution in [1.29, 1.82) is 0 Å². The summed E-state index contributed by atoms with van der Waals surface area (Å²) in [5.74, 6) is 1.27. The van der Waals surface area contributed by atoms with Gasteiger partial charge in [-0.05, 0) is 0 Å². The molecule has 1 aromatic heterocycles. The molecular formula is C12H17N3O. The number of hydrogen-bond donors (Lipinski definition) is 0. The number of carbonyl (C=O) groups excluding carboxylic acids is 1. The van der Waals surface area contributed by atoms with E-state index >= 15 is 0 Å². The molecule has 0 bridgehead atoms. The normalized spacial score (nSPS) is 14.7. The van der Waals surface area contributed by atoms with Crippen LogP contribution in [0.15, 0.2) is 24.5 Å². The lowest BCUT2D eigenvalue weighted by Gasteiger charge is -2.15. The van der Waals surface area contributed by atoms with Gasteiger partial charge in [0, 0.05) is 44.9 Å². The second-order valence-electron chi connectivity index (χ2n) is 3.91. The third-order valence-electron chi connectivity index (χ3n) is 2.86. The van der Waals surface area contributed by atoms with E-state index in [1.807, 2.05) is 23.2 Å². The van der Waals surface area contributed by atoms with E-state index in [0.717, 1.165) is 31.9 Å². The van der Waals surface area contributed by atoms with Gasteiger partial charge in [-0.15, -0.1) is 0 Å². The van der Waals surface area contributed by atoms with E-state index in [-0.39, 0.29) is 5.91 Å². The lowest BCUT2D eigenvalue weighted by atomic mass is 10.3. The largest absolute Gasteiger partial charge is 0.335 e. The first-order chi connectivity index (χ1) is 7.81. The van der Waals surface area contributed by atoms with Crippen molar-refractivity contribution >= 4 is 5.91 Å². The van der Waals surface area contributed by atoms with Crippen LogP contribution in [-0.2, 0) is 17.8 Å². The Balaban J connectivity index is 1.85. The van der Waals surface area contributed by atoms with Gasteiger partial charge >= 0.3 is 0 Å². The summed E-state index contributed by atoms with van der Waals surface area (Å²) in [6.07, 6.45) is 9.27. The third kappa shape index (κ3) is 2.32. The van der Waals surface area contributed by atoms with Crippen LogP contribution in [0.4, 0.5) is 0 Å². The van der Waals surface area contributed by atoms with Crippen molar-refractivity contribution in [2.45, 2.75) is 26.3 Å². The molecule has 0 aromatic carbocycles. The molecule has 4 heteroatoms. The van der Waals surface area contributed by atoms with Gasteiger partial charge in [0.1, 0.15) is 5.82 Å². The number of nitrogens with zero attached hydrogens (tertiary/aromatic N) is 3. The Kier molecular flexibility index (Phi) is 3.39. The van der Waals surface area contributed by atoms with Crippen molar-refractivity contribution in [3.8, 4) is 0 Å². The Morgan fingerprint density at radius 2 is 2.19 bits per heavy atom. The van der Waals surface area contributed by atoms with E-state index in [0.29, 0.717) is 6.42 Å². The predicted molar refractivity (Wildman–Crippen MR) is 61.9 cm³/mol. The maximum absolute atomic E-state index is 11.8. The van der Waals surface area contributed by atoms with E-state index in [2.05, 4.69) is 16.5 Å². The molecule has 2 heterocycles. The summed E-state index contributed by atoms with van der Waals surface area (Å²) in [6.45, 7) is 4.34. The van der Waals surface area contributed by atoms with Crippen LogP contribution in [0, 0.1) is 0 Å². The summed E-state index contributed by atoms with van der Waals surface area (Å²) in [5.41, 5.74) is 0. The van der Waals surface area contributed by atoms with E-state index in [1.54, 1.807) is 6.20 Å². The molecule has 0 unspecified atom stereocenters. The number of rotatable bonds is 4. The van der Waals surface area contributed by atoms with Crippen molar-refractivity contribution in [2.75, 3.05) is 13.1 Å². The van der Waals surface area contributed by atoms with Gasteiger partial charge in [0.05, 0.1) is 0 Å². The van der Waals surface area contributed by atoms with Gasteiger partial charge in [-0.2, -0.15) is 0 Å². The Hall–Kier alpha value is -1.58. The van der Waals surface area contributed by atoms with E-state index in [9.17, 15) is 4.79 Å². The standard InChI is InChI=1S/C12H17N3O/c1-2-11-13-6-10-14(11)9-5-12(16)15-7-3-4-8-15/h3-4,6,10H,2,5,7-9H2,1H3. The molecule has 0 spiro atoms. The molecule has 1 aliphatic heterocycles. The second kappa shape index (κ2) is 4.96. The number of aromatic nitrogens is 2. The average molecular weight is 219 g/mol. The fourth-order valence-electron chi connectivity index (χ4n) is 1.91. The molecule has 2 rings (SSSR count). The van der Waals surface area contributed by atoms with Crippen molar-refractivity contribution in [1.82, 2.24) is 14.5 Å². The fourth-order valence-corrected chi connectivity index (χ4v) is 1.91. The first-order valence-electron chi connectivity index (χ1n) is 5.74. The first kappa shape index (κ1) is 10.9. The molecular weight excluding hydrogens is 202 g/mol. The van der Waals surface area contributed by atoms with Crippen molar-refractivity contribution in [3.63, 3.8) is 0 Å². The first-order valence-corrected chi connectivity index (χ1v) is 5.74. The van der Waals surface area contributed by atoms with Gasteiger partial charge in [0.25, 0.3) is 0 Å². The molecule has 0 aliphatic carbocycles. The number of imidazole rings is 1. The summed E-state index contributed by atoms with van der Waals surface area (Å²) in [6, 6.07) is 0. The van der Waals surface area contributed by atoms with Crippen LogP contribution in [0.1, 0.15) is 19.2 Å². The monoisotopic (exact) mass is 219 g/mol. The lowest BCUT2D eigenvalue weighted by Crippen LogP contribution is -2.29. The Labute approximate surface area is 95.6 Å². The van der Waals surface area contributed by atoms with Crippen LogP contribution < -0.4 is 0 Å². The van der Waals surface area contributed by atoms with Gasteiger partial charge in [-0.3, -0.25) is 4.79 Å². The second-order valence-corrected chi connectivity index (χ2v) is 3.91. The van der Waals surface area contributed by atoms with Crippen LogP contribution in [0.2, 0.25) is 0 Å². The SMILES string of the molecule is CCc1nccn1CCC(=O)N1CC=CC1. The number of amides is 1. The fraction of sp³-hybridized carbons (Fsp3) is 0.500. The average Bonchev–Trinajstić information content (AvgIpc) is 2.96. The predicted octanol–water partition coefficient (Wildman–Crippen LogP) is 1.23. The van der Waals surface area contributed by atoms with Gasteiger partial charge in [0.15, 0.2) is 0 Å². The molecule has 0 fully saturated rings. The minimum atomic E-state index is 0.223. The molecule has 0 atom stereocenters. The van der Waals surface area contributed by atoms with Crippen LogP contribution in [0.25, 0.3) is 0 Å². The molecule has 16 heavy (non-hydrogen) atoms. The van der Waals surface area contributed by atoms with Gasteiger partial charge < -0.3 is 9.47 Å². The van der Waals surface area contributed by atoms with Gasteiger partial charge in [0.2, 0.25) is 5.91 Å². The Bertz CT molecular complexity index is 387. The molecule has 0 N–H and O–H groups in total. The molecule has 1 aromatic rings. The van der Waals surface area contributed by atoms with E-state index in [1.165, 1.54) is 0 Å². The van der Waals surface area contributed by atoms with Crippen LogP contribution in [-0.4, -0.2) is 33.4 Å². The zero-order valence-electron chi connectivity index (χ0n) is 9.59. The molecule has 0 saturated carbocycles. The number of carbonyl (C=O) groups is 1. The zero-order chi connectivity index (χ0) is 11.4. The summed E-state index contributed by atoms with van der Waals surface area (Å²) < 4.78 is 2.06. The number of hydrogen-bond acceptors (Lipinski definition) is 2. The highest BCUT2D eigenvalue weighted by Gasteiger charge is 2.14. The minimum absolute atomic E-state index is 0.223. The highest BCUT2D eigenvalue weighted by molar-refractivity contribution is 5.76. The number of aryl methyl sites for hydroxylation is 2. The summed E-state index contributed by atoms with van der Waals surface area (Å²) in [4.78, 5) is 17.9. The van der Waals surface area contributed by atoms with E-state index in [4.69, 9.17) is 0 Å². The molecule has 0 saturated heterocycles. The van der Waals surface area contributed by atoms with Crippen molar-refractivity contribution in [3.05, 3.63) is 30.4 Å². The van der Waals surface area contributed by atoms with Gasteiger partial charge in [-0.25, -0.2) is 4.98 Å². The molecule has 1 aliphatic rings. The summed E-state index contributed by atoms with van der Waals surface area (Å²) >= 11 is 0. The maximum atomic E-state index is 11.8. The Morgan fingerprint density at radius 1 is 1.44 bits per heavy atom. The van der Waals surface area contributed by atoms with Crippen molar-refractivity contribution in [2.24, 2.45) is 0 Å². The maximum Gasteiger partial charge on any atom is 0.224 e. The third-order valence-corrected chi connectivity index (χ3v) is 2.86. The van der Waals surface area contributed by atoms with E-state index < -0.39 is 0 Å². The molecule has 86 valence electrons. The van der Waals surface area contributed by atoms with Gasteiger partial charge in [-0.1, -0.05) is 19.1 Å². The summed E-state index contributed by atoms with van der Waals surface area (Å²) in [5, 5.41) is 0. The van der Waals surface area contributed by atoms with Crippen molar-refractivity contribution < 1.29 is 4.79 Å². The Morgan fingerprint density at radius 3 is 2.88 bits per heavy atom. The molecule has 1 amide bonds. The highest BCUT2D eigenvalue weighted by atomic mass is 16.2. The van der Waals surface area contributed by atoms with Crippen LogP contribution >= 0.6 is 0 Å². The van der Waals surface area contributed by atoms with Crippen LogP contribution in [0.3, 0.4) is 0 Å². The minimum Gasteiger partial charge on any atom is -0.335 e. The summed E-state index contributed by atoms with van der Waals surface area (Å²) in [7, 11) is 0. The molecule has 0 radical (unpaired) electrons. The zero-order valence-corrected chi connectivity index (χ0v) is 9.59.